The summed E-state index contributed by atoms with van der Waals surface area (Å²) in [6.45, 7) is 41.7. The van der Waals surface area contributed by atoms with Gasteiger partial charge < -0.3 is 13.9 Å². The predicted molar refractivity (Wildman–Crippen MR) is 191 cm³/mol. The first-order valence-electron chi connectivity index (χ1n) is 15.1. The van der Waals surface area contributed by atoms with E-state index in [9.17, 15) is 0 Å². The molecule has 13 heteroatoms. The fourth-order valence-corrected chi connectivity index (χ4v) is 10.2. The summed E-state index contributed by atoms with van der Waals surface area (Å²) >= 11 is 0. The molecule has 3 aromatic rings. The minimum atomic E-state index is -2.80. The van der Waals surface area contributed by atoms with Crippen molar-refractivity contribution in [1.29, 1.82) is 0 Å². The van der Waals surface area contributed by atoms with Crippen molar-refractivity contribution in [2.24, 2.45) is 0 Å². The van der Waals surface area contributed by atoms with Crippen LogP contribution >= 0.6 is 0 Å². The first-order valence-corrected chi connectivity index (χ1v) is 20.5. The Kier molecular flexibility index (Phi) is 38.4. The molecule has 2 radical (unpaired) electrons. The molecule has 0 amide bonds. The molecule has 1 aliphatic rings. The van der Waals surface area contributed by atoms with Crippen LogP contribution in [0.4, 0.5) is 0 Å². The summed E-state index contributed by atoms with van der Waals surface area (Å²) in [6, 6.07) is 31.8. The molecule has 4 rings (SSSR count). The van der Waals surface area contributed by atoms with Gasteiger partial charge in [-0.1, -0.05) is 149 Å². The summed E-state index contributed by atoms with van der Waals surface area (Å²) in [5, 5.41) is 2.35. The van der Waals surface area contributed by atoms with Crippen LogP contribution in [0.25, 0.3) is 0 Å². The summed E-state index contributed by atoms with van der Waals surface area (Å²) in [4.78, 5) is 0. The molecule has 0 aliphatic carbocycles. The third-order valence-corrected chi connectivity index (χ3v) is 12.8. The standard InChI is InChI=1S/C34H42O3Si2.6CO.2Co/c1-34(2,3)39(30-18-12-8-13-19-30,31-20-14-9-15-21-31)37-33-23-22-29(35-26-28-16-10-7-11-17-28)27-36-32(33)24-25-38(4,5)6;6*1-2;;/h7-23,29,32-33H,26-27H2,1-6H3;;;;;;;;/t29-,32-,33+;;;;;;;;/m0......../s1. The van der Waals surface area contributed by atoms with Gasteiger partial charge in [-0.3, -0.25) is 0 Å². The first kappa shape index (κ1) is 59.0. The Labute approximate surface area is 337 Å². The molecule has 0 saturated heterocycles. The Morgan fingerprint density at radius 2 is 1.06 bits per heavy atom. The summed E-state index contributed by atoms with van der Waals surface area (Å²) in [7, 11) is -4.42. The fraction of sp³-hybridized carbons (Fsp3) is 0.300. The van der Waals surface area contributed by atoms with Crippen LogP contribution in [0.1, 0.15) is 26.3 Å². The van der Waals surface area contributed by atoms with Crippen LogP contribution in [0.3, 0.4) is 0 Å². The van der Waals surface area contributed by atoms with Crippen molar-refractivity contribution in [2.45, 2.75) is 70.4 Å². The molecule has 1 aliphatic heterocycles. The summed E-state index contributed by atoms with van der Waals surface area (Å²) in [5.41, 5.74) is 4.69. The van der Waals surface area contributed by atoms with Gasteiger partial charge in [-0.15, -0.1) is 5.54 Å². The van der Waals surface area contributed by atoms with Crippen LogP contribution in [0.5, 0.6) is 0 Å². The second-order valence-electron chi connectivity index (χ2n) is 12.2. The van der Waals surface area contributed by atoms with E-state index < -0.39 is 16.4 Å². The van der Waals surface area contributed by atoms with Gasteiger partial charge in [-0.2, -0.15) is 0 Å². The van der Waals surface area contributed by atoms with Crippen LogP contribution in [0.2, 0.25) is 24.7 Å². The molecular weight excluding hydrogens is 798 g/mol. The van der Waals surface area contributed by atoms with Gasteiger partial charge in [0.25, 0.3) is 8.32 Å². The molecule has 0 fully saturated rings. The molecule has 0 aromatic heterocycles. The quantitative estimate of drug-likeness (QED) is 0.0929. The maximum absolute atomic E-state index is 7.50. The van der Waals surface area contributed by atoms with Crippen molar-refractivity contribution in [1.82, 2.24) is 0 Å². The van der Waals surface area contributed by atoms with Gasteiger partial charge in [0.1, 0.15) is 20.3 Å². The molecule has 0 saturated carbocycles. The fourth-order valence-electron chi connectivity index (χ4n) is 4.97. The van der Waals surface area contributed by atoms with Gasteiger partial charge in [0, 0.05) is 33.6 Å². The molecule has 3 aromatic carbocycles. The minimum absolute atomic E-state index is 0. The topological polar surface area (TPSA) is 147 Å². The first-order chi connectivity index (χ1) is 24.6. The van der Waals surface area contributed by atoms with Crippen LogP contribution in [-0.2, 0) is 82.0 Å². The second kappa shape index (κ2) is 34.5. The van der Waals surface area contributed by atoms with Crippen LogP contribution in [0.15, 0.2) is 103 Å². The van der Waals surface area contributed by atoms with Gasteiger partial charge in [0.05, 0.1) is 19.3 Å². The average molecular weight is 841 g/mol. The molecule has 0 spiro atoms. The number of rotatable bonds is 7. The van der Waals surface area contributed by atoms with Crippen LogP contribution in [0, 0.1) is 51.4 Å². The van der Waals surface area contributed by atoms with Crippen LogP contribution < -0.4 is 10.4 Å². The van der Waals surface area contributed by atoms with Crippen molar-refractivity contribution >= 4 is 26.8 Å². The van der Waals surface area contributed by atoms with E-state index in [4.69, 9.17) is 41.8 Å². The molecular formula is C40H42Co2O9Si2. The molecule has 53 heavy (non-hydrogen) atoms. The summed E-state index contributed by atoms with van der Waals surface area (Å²) in [6.07, 6.45) is 3.38. The second-order valence-corrected chi connectivity index (χ2v) is 21.2. The molecule has 0 N–H and O–H groups in total. The van der Waals surface area contributed by atoms with Gasteiger partial charge >= 0.3 is 67.8 Å². The van der Waals surface area contributed by atoms with E-state index in [0.717, 1.165) is 5.56 Å². The maximum Gasteiger partial charge on any atom is 0 e. The van der Waals surface area contributed by atoms with Gasteiger partial charge in [-0.05, 0) is 21.0 Å². The van der Waals surface area contributed by atoms with E-state index in [0.29, 0.717) is 13.2 Å². The van der Waals surface area contributed by atoms with Crippen molar-refractivity contribution in [3.05, 3.63) is 149 Å². The zero-order valence-corrected chi connectivity index (χ0v) is 34.4. The van der Waals surface area contributed by atoms with Crippen molar-refractivity contribution in [3.8, 4) is 11.5 Å². The number of hydrogen-bond acceptors (Lipinski definition) is 3. The van der Waals surface area contributed by atoms with Crippen molar-refractivity contribution in [2.75, 3.05) is 6.61 Å². The normalized spacial score (nSPS) is 15.0. The molecule has 3 atom stereocenters. The third-order valence-electron chi connectivity index (χ3n) is 6.88. The van der Waals surface area contributed by atoms with E-state index in [1.54, 1.807) is 0 Å². The Balaban J connectivity index is -0.000000499. The number of hydrogen-bond donors (Lipinski definition) is 0. The summed E-state index contributed by atoms with van der Waals surface area (Å²) in [5.74, 6) is 3.50. The monoisotopic (exact) mass is 840 g/mol. The minimum Gasteiger partial charge on any atom is 0 e. The van der Waals surface area contributed by atoms with E-state index >= 15 is 0 Å². The molecule has 282 valence electrons. The third kappa shape index (κ3) is 20.7. The zero-order chi connectivity index (χ0) is 39.9. The van der Waals surface area contributed by atoms with Crippen molar-refractivity contribution in [3.63, 3.8) is 0 Å². The smallest absolute Gasteiger partial charge is 0 e. The molecule has 0 unspecified atom stereocenters. The Morgan fingerprint density at radius 1 is 0.660 bits per heavy atom. The van der Waals surface area contributed by atoms with Gasteiger partial charge in [0.2, 0.25) is 0 Å². The number of benzene rings is 3. The Hall–Kier alpha value is -3.27. The van der Waals surface area contributed by atoms with Gasteiger partial charge in [0.15, 0.2) is 0 Å². The predicted octanol–water partition coefficient (Wildman–Crippen LogP) is 6.12. The zero-order valence-electron chi connectivity index (χ0n) is 30.3. The SMILES string of the molecule is CC(C)(C)[Si](O[C@@H]1C=C[C@H](OCc2ccccc2)CO[C@H]1C#C[Si](C)(C)C)(c1ccccc1)c1ccccc1.[C-]#[O+].[C-]#[O+].[C-]#[O+].[C-]#[O+].[C-]#[O+].[C-]#[O+].[Co].[Co]. The Bertz CT molecular complexity index is 1480. The molecule has 1 heterocycles. The van der Waals surface area contributed by atoms with Crippen LogP contribution in [-0.4, -0.2) is 41.3 Å². The maximum atomic E-state index is 7.50. The van der Waals surface area contributed by atoms with Gasteiger partial charge in [-0.25, -0.2) is 0 Å². The largest absolute Gasteiger partial charge is 0 e. The summed E-state index contributed by atoms with van der Waals surface area (Å²) < 4.78 is 65.2. The van der Waals surface area contributed by atoms with E-state index in [1.807, 2.05) is 18.2 Å². The average Bonchev–Trinajstić information content (AvgIpc) is 3.38. The van der Waals surface area contributed by atoms with Crippen molar-refractivity contribution < 1.29 is 75.4 Å². The number of ether oxygens (including phenoxy) is 2. The van der Waals surface area contributed by atoms with E-state index in [-0.39, 0.29) is 56.9 Å². The van der Waals surface area contributed by atoms with E-state index in [2.05, 4.69) is 177 Å². The Morgan fingerprint density at radius 3 is 1.43 bits per heavy atom. The van der Waals surface area contributed by atoms with E-state index in [1.165, 1.54) is 10.4 Å². The molecule has 9 nitrogen and oxygen atoms in total. The molecule has 0 bridgehead atoms.